The Kier molecular flexibility index (Phi) is 3.69. The van der Waals surface area contributed by atoms with Crippen molar-refractivity contribution in [3.63, 3.8) is 0 Å². The summed E-state index contributed by atoms with van der Waals surface area (Å²) in [4.78, 5) is 4.27. The van der Waals surface area contributed by atoms with Crippen LogP contribution in [0.25, 0.3) is 0 Å². The molecule has 108 valence electrons. The number of halogens is 1. The Bertz CT molecular complexity index is 720. The first kappa shape index (κ1) is 13.4. The zero-order chi connectivity index (χ0) is 14.7. The van der Waals surface area contributed by atoms with Gasteiger partial charge < -0.3 is 10.3 Å². The maximum absolute atomic E-state index is 12.8. The summed E-state index contributed by atoms with van der Waals surface area (Å²) in [7, 11) is 0. The van der Waals surface area contributed by atoms with Crippen molar-refractivity contribution in [2.24, 2.45) is 5.73 Å². The van der Waals surface area contributed by atoms with Gasteiger partial charge in [0.1, 0.15) is 12.4 Å². The summed E-state index contributed by atoms with van der Waals surface area (Å²) in [5, 5.41) is 11.7. The molecule has 3 aromatic rings. The van der Waals surface area contributed by atoms with Gasteiger partial charge in [-0.05, 0) is 17.7 Å². The first-order chi connectivity index (χ1) is 10.2. The second-order valence-electron chi connectivity index (χ2n) is 4.52. The Morgan fingerprint density at radius 3 is 2.76 bits per heavy atom. The highest BCUT2D eigenvalue weighted by Crippen LogP contribution is 2.09. The number of aromatic nitrogens is 5. The molecule has 21 heavy (non-hydrogen) atoms. The number of nitrogens with zero attached hydrogens (tertiary/aromatic N) is 5. The van der Waals surface area contributed by atoms with Crippen molar-refractivity contribution in [1.82, 2.24) is 25.1 Å². The molecule has 0 unspecified atom stereocenters. The number of rotatable bonds is 5. The standard InChI is InChI=1S/C13H13FN6O/c14-10-3-1-9(2-4-10)5-12-16-13(21-18-12)8-20-7-11(6-15)17-19-20/h1-4,7H,5-6,8,15H2. The Morgan fingerprint density at radius 1 is 1.24 bits per heavy atom. The molecule has 0 saturated heterocycles. The van der Waals surface area contributed by atoms with Gasteiger partial charge in [0.15, 0.2) is 5.82 Å². The second kappa shape index (κ2) is 5.80. The molecule has 0 aliphatic rings. The van der Waals surface area contributed by atoms with Gasteiger partial charge in [-0.25, -0.2) is 9.07 Å². The monoisotopic (exact) mass is 288 g/mol. The van der Waals surface area contributed by atoms with Crippen LogP contribution in [-0.4, -0.2) is 25.1 Å². The van der Waals surface area contributed by atoms with Crippen LogP contribution in [0.2, 0.25) is 0 Å². The number of nitrogens with two attached hydrogens (primary N) is 1. The van der Waals surface area contributed by atoms with Gasteiger partial charge in [0.25, 0.3) is 0 Å². The Labute approximate surface area is 119 Å². The summed E-state index contributed by atoms with van der Waals surface area (Å²) in [6.07, 6.45) is 2.21. The number of hydrogen-bond donors (Lipinski definition) is 1. The third-order valence-corrected chi connectivity index (χ3v) is 2.88. The molecule has 0 fully saturated rings. The lowest BCUT2D eigenvalue weighted by Gasteiger charge is -1.95. The average Bonchev–Trinajstić information content (AvgIpc) is 3.11. The molecule has 2 heterocycles. The molecule has 0 amide bonds. The van der Waals surface area contributed by atoms with Gasteiger partial charge in [0.2, 0.25) is 5.89 Å². The molecule has 7 nitrogen and oxygen atoms in total. The molecule has 8 heteroatoms. The molecule has 2 N–H and O–H groups in total. The van der Waals surface area contributed by atoms with Gasteiger partial charge in [-0.2, -0.15) is 4.98 Å². The second-order valence-corrected chi connectivity index (χ2v) is 4.52. The van der Waals surface area contributed by atoms with Crippen LogP contribution in [0.1, 0.15) is 23.0 Å². The van der Waals surface area contributed by atoms with Gasteiger partial charge in [-0.1, -0.05) is 22.5 Å². The first-order valence-electron chi connectivity index (χ1n) is 6.38. The van der Waals surface area contributed by atoms with E-state index in [1.54, 1.807) is 23.0 Å². The van der Waals surface area contributed by atoms with Gasteiger partial charge in [-0.3, -0.25) is 0 Å². The van der Waals surface area contributed by atoms with Crippen molar-refractivity contribution in [2.75, 3.05) is 0 Å². The fraction of sp³-hybridized carbons (Fsp3) is 0.231. The van der Waals surface area contributed by atoms with Crippen molar-refractivity contribution in [3.05, 3.63) is 59.3 Å². The molecule has 2 aromatic heterocycles. The van der Waals surface area contributed by atoms with E-state index < -0.39 is 0 Å². The predicted molar refractivity (Wildman–Crippen MR) is 70.5 cm³/mol. The quantitative estimate of drug-likeness (QED) is 0.749. The lowest BCUT2D eigenvalue weighted by atomic mass is 10.1. The molecule has 1 aromatic carbocycles. The van der Waals surface area contributed by atoms with Crippen LogP contribution in [0.15, 0.2) is 35.0 Å². The zero-order valence-electron chi connectivity index (χ0n) is 11.1. The largest absolute Gasteiger partial charge is 0.337 e. The normalized spacial score (nSPS) is 11.0. The Balaban J connectivity index is 1.67. The minimum Gasteiger partial charge on any atom is -0.337 e. The van der Waals surface area contributed by atoms with Crippen molar-refractivity contribution >= 4 is 0 Å². The maximum atomic E-state index is 12.8. The van der Waals surface area contributed by atoms with E-state index in [1.165, 1.54) is 12.1 Å². The van der Waals surface area contributed by atoms with Crippen molar-refractivity contribution in [1.29, 1.82) is 0 Å². The van der Waals surface area contributed by atoms with Gasteiger partial charge in [-0.15, -0.1) is 5.10 Å². The Morgan fingerprint density at radius 2 is 2.05 bits per heavy atom. The zero-order valence-corrected chi connectivity index (χ0v) is 11.1. The molecule has 0 saturated carbocycles. The number of benzene rings is 1. The fourth-order valence-corrected chi connectivity index (χ4v) is 1.86. The molecule has 0 aliphatic carbocycles. The third kappa shape index (κ3) is 3.29. The van der Waals surface area contributed by atoms with E-state index in [-0.39, 0.29) is 5.82 Å². The topological polar surface area (TPSA) is 95.7 Å². The van der Waals surface area contributed by atoms with Crippen LogP contribution >= 0.6 is 0 Å². The highest BCUT2D eigenvalue weighted by molar-refractivity contribution is 5.19. The summed E-state index contributed by atoms with van der Waals surface area (Å²) in [5.74, 6) is 0.700. The summed E-state index contributed by atoms with van der Waals surface area (Å²) in [6, 6.07) is 6.19. The smallest absolute Gasteiger partial charge is 0.248 e. The number of hydrogen-bond acceptors (Lipinski definition) is 6. The van der Waals surface area contributed by atoms with E-state index in [0.29, 0.717) is 36.9 Å². The van der Waals surface area contributed by atoms with Crippen molar-refractivity contribution < 1.29 is 8.91 Å². The first-order valence-corrected chi connectivity index (χ1v) is 6.38. The summed E-state index contributed by atoms with van der Waals surface area (Å²) < 4.78 is 19.6. The minimum absolute atomic E-state index is 0.269. The lowest BCUT2D eigenvalue weighted by molar-refractivity contribution is 0.360. The van der Waals surface area contributed by atoms with Crippen LogP contribution in [0.4, 0.5) is 4.39 Å². The van der Waals surface area contributed by atoms with Crippen LogP contribution in [0, 0.1) is 5.82 Å². The Hall–Kier alpha value is -2.61. The van der Waals surface area contributed by atoms with Crippen molar-refractivity contribution in [3.8, 4) is 0 Å². The average molecular weight is 288 g/mol. The molecule has 0 spiro atoms. The highest BCUT2D eigenvalue weighted by atomic mass is 19.1. The molecule has 3 rings (SSSR count). The van der Waals surface area contributed by atoms with E-state index in [0.717, 1.165) is 5.56 Å². The van der Waals surface area contributed by atoms with E-state index in [9.17, 15) is 4.39 Å². The molecular weight excluding hydrogens is 275 g/mol. The predicted octanol–water partition coefficient (Wildman–Crippen LogP) is 0.898. The van der Waals surface area contributed by atoms with E-state index >= 15 is 0 Å². The fourth-order valence-electron chi connectivity index (χ4n) is 1.86. The van der Waals surface area contributed by atoms with Gasteiger partial charge in [0, 0.05) is 13.0 Å². The molecule has 0 aliphatic heterocycles. The molecular formula is C13H13FN6O. The van der Waals surface area contributed by atoms with Gasteiger partial charge in [0.05, 0.1) is 11.9 Å². The minimum atomic E-state index is -0.269. The van der Waals surface area contributed by atoms with Gasteiger partial charge >= 0.3 is 0 Å². The summed E-state index contributed by atoms with van der Waals surface area (Å²) >= 11 is 0. The van der Waals surface area contributed by atoms with Crippen LogP contribution in [0.5, 0.6) is 0 Å². The molecule has 0 bridgehead atoms. The van der Waals surface area contributed by atoms with Crippen LogP contribution in [0.3, 0.4) is 0 Å². The highest BCUT2D eigenvalue weighted by Gasteiger charge is 2.09. The van der Waals surface area contributed by atoms with Crippen LogP contribution < -0.4 is 5.73 Å². The molecule has 0 atom stereocenters. The summed E-state index contributed by atoms with van der Waals surface area (Å²) in [5.41, 5.74) is 7.07. The maximum Gasteiger partial charge on any atom is 0.248 e. The van der Waals surface area contributed by atoms with E-state index in [2.05, 4.69) is 20.5 Å². The van der Waals surface area contributed by atoms with Crippen molar-refractivity contribution in [2.45, 2.75) is 19.5 Å². The molecule has 0 radical (unpaired) electrons. The lowest BCUT2D eigenvalue weighted by Crippen LogP contribution is -2.01. The summed E-state index contributed by atoms with van der Waals surface area (Å²) in [6.45, 7) is 0.670. The van der Waals surface area contributed by atoms with E-state index in [4.69, 9.17) is 10.3 Å². The van der Waals surface area contributed by atoms with E-state index in [1.807, 2.05) is 0 Å². The third-order valence-electron chi connectivity index (χ3n) is 2.88. The van der Waals surface area contributed by atoms with Crippen LogP contribution in [-0.2, 0) is 19.5 Å². The SMILES string of the molecule is NCc1cn(Cc2nc(Cc3ccc(F)cc3)no2)nn1.